The molecule has 5 rings (SSSR count). The van der Waals surface area contributed by atoms with Gasteiger partial charge < -0.3 is 15.2 Å². The number of para-hydroxylation sites is 1. The molecule has 2 aliphatic rings. The Kier molecular flexibility index (Phi) is 9.55. The maximum Gasteiger partial charge on any atom is 0.245 e. The molecule has 1 saturated heterocycles. The first-order valence-corrected chi connectivity index (χ1v) is 15.1. The lowest BCUT2D eigenvalue weighted by atomic mass is 9.94. The molecule has 1 aromatic heterocycles. The van der Waals surface area contributed by atoms with Gasteiger partial charge in [0.05, 0.1) is 6.54 Å². The molecule has 1 atom stereocenters. The number of fused-ring (bicyclic) bond motifs is 1. The van der Waals surface area contributed by atoms with Crippen molar-refractivity contribution >= 4 is 22.7 Å². The molecule has 0 radical (unpaired) electrons. The van der Waals surface area contributed by atoms with Gasteiger partial charge in [0.25, 0.3) is 0 Å². The summed E-state index contributed by atoms with van der Waals surface area (Å²) in [6, 6.07) is 16.5. The van der Waals surface area contributed by atoms with Crippen LogP contribution in [-0.4, -0.2) is 83.4 Å². The highest BCUT2D eigenvalue weighted by molar-refractivity contribution is 5.90. The molecule has 2 N–H and O–H groups in total. The van der Waals surface area contributed by atoms with E-state index in [1.54, 1.807) is 4.90 Å². The summed E-state index contributed by atoms with van der Waals surface area (Å²) in [4.78, 5) is 37.1. The van der Waals surface area contributed by atoms with Crippen LogP contribution in [0.4, 0.5) is 0 Å². The summed E-state index contributed by atoms with van der Waals surface area (Å²) >= 11 is 0. The fourth-order valence-corrected chi connectivity index (χ4v) is 6.55. The van der Waals surface area contributed by atoms with Gasteiger partial charge in [-0.05, 0) is 42.0 Å². The molecule has 1 saturated carbocycles. The van der Waals surface area contributed by atoms with Crippen LogP contribution in [0.5, 0.6) is 0 Å². The molecule has 2 fully saturated rings. The number of nitrogens with zero attached hydrogens (tertiary/aromatic N) is 3. The summed E-state index contributed by atoms with van der Waals surface area (Å²) in [5.74, 6) is -0.140. The Morgan fingerprint density at radius 2 is 1.65 bits per heavy atom. The molecule has 0 bridgehead atoms. The maximum atomic E-state index is 13.8. The lowest BCUT2D eigenvalue weighted by Crippen LogP contribution is -2.55. The van der Waals surface area contributed by atoms with Crippen LogP contribution < -0.4 is 5.32 Å². The van der Waals surface area contributed by atoms with E-state index in [2.05, 4.69) is 45.2 Å². The molecule has 1 aliphatic carbocycles. The van der Waals surface area contributed by atoms with Gasteiger partial charge in [-0.3, -0.25) is 19.4 Å². The number of hydrogen-bond acceptors (Lipinski definition) is 4. The van der Waals surface area contributed by atoms with Crippen molar-refractivity contribution in [2.24, 2.45) is 0 Å². The molecular formula is C33H45N5O2. The number of carbonyl (C=O) groups excluding carboxylic acids is 2. The SMILES string of the molecule is CCc1ccccc1CN(C)C(=O)C(Cc1c[nH]c2ccccc12)NC(=O)CN1CCN(C2CCCCC2)CC1. The number of likely N-dealkylation sites (N-methyl/N-ethyl adjacent to an activating group) is 1. The van der Waals surface area contributed by atoms with Crippen molar-refractivity contribution < 1.29 is 9.59 Å². The van der Waals surface area contributed by atoms with Crippen LogP contribution in [0.2, 0.25) is 0 Å². The Morgan fingerprint density at radius 3 is 2.40 bits per heavy atom. The zero-order valence-corrected chi connectivity index (χ0v) is 24.2. The average molecular weight is 544 g/mol. The zero-order chi connectivity index (χ0) is 27.9. The number of benzene rings is 2. The molecule has 1 aliphatic heterocycles. The van der Waals surface area contributed by atoms with Gasteiger partial charge in [-0.1, -0.05) is 68.7 Å². The molecule has 7 nitrogen and oxygen atoms in total. The van der Waals surface area contributed by atoms with Gasteiger partial charge in [0, 0.05) is 69.3 Å². The highest BCUT2D eigenvalue weighted by atomic mass is 16.2. The van der Waals surface area contributed by atoms with Crippen molar-refractivity contribution in [3.63, 3.8) is 0 Å². The third-order valence-corrected chi connectivity index (χ3v) is 8.88. The quantitative estimate of drug-likeness (QED) is 0.399. The largest absolute Gasteiger partial charge is 0.361 e. The van der Waals surface area contributed by atoms with E-state index in [-0.39, 0.29) is 11.8 Å². The molecule has 3 aromatic rings. The average Bonchev–Trinajstić information content (AvgIpc) is 3.40. The number of aryl methyl sites for hydroxylation is 1. The second-order valence-electron chi connectivity index (χ2n) is 11.6. The number of nitrogens with one attached hydrogen (secondary N) is 2. The summed E-state index contributed by atoms with van der Waals surface area (Å²) in [6.45, 7) is 6.84. The Balaban J connectivity index is 1.24. The van der Waals surface area contributed by atoms with Crippen molar-refractivity contribution in [3.05, 3.63) is 71.4 Å². The Bertz CT molecular complexity index is 1270. The van der Waals surface area contributed by atoms with E-state index >= 15 is 0 Å². The summed E-state index contributed by atoms with van der Waals surface area (Å²) in [5.41, 5.74) is 4.47. The first kappa shape index (κ1) is 28.4. The third kappa shape index (κ3) is 6.94. The van der Waals surface area contributed by atoms with E-state index in [1.807, 2.05) is 43.6 Å². The molecule has 2 heterocycles. The van der Waals surface area contributed by atoms with Crippen molar-refractivity contribution in [2.45, 2.75) is 70.5 Å². The normalized spacial score (nSPS) is 18.1. The predicted octanol–water partition coefficient (Wildman–Crippen LogP) is 4.37. The van der Waals surface area contributed by atoms with Crippen LogP contribution in [0.25, 0.3) is 10.9 Å². The van der Waals surface area contributed by atoms with Crippen molar-refractivity contribution in [2.75, 3.05) is 39.8 Å². The molecule has 1 unspecified atom stereocenters. The van der Waals surface area contributed by atoms with Crippen LogP contribution in [0.3, 0.4) is 0 Å². The van der Waals surface area contributed by atoms with E-state index in [0.29, 0.717) is 19.5 Å². The van der Waals surface area contributed by atoms with E-state index in [0.717, 1.165) is 60.7 Å². The second kappa shape index (κ2) is 13.5. The first-order chi connectivity index (χ1) is 19.5. The molecular weight excluding hydrogens is 498 g/mol. The summed E-state index contributed by atoms with van der Waals surface area (Å²) in [7, 11) is 1.84. The summed E-state index contributed by atoms with van der Waals surface area (Å²) in [5, 5.41) is 4.23. The Hall–Kier alpha value is -3.16. The van der Waals surface area contributed by atoms with E-state index < -0.39 is 6.04 Å². The van der Waals surface area contributed by atoms with Crippen molar-refractivity contribution in [3.8, 4) is 0 Å². The molecule has 2 aromatic carbocycles. The molecule has 2 amide bonds. The van der Waals surface area contributed by atoms with Gasteiger partial charge in [-0.2, -0.15) is 0 Å². The van der Waals surface area contributed by atoms with Gasteiger partial charge in [0.2, 0.25) is 11.8 Å². The van der Waals surface area contributed by atoms with Gasteiger partial charge in [-0.25, -0.2) is 0 Å². The van der Waals surface area contributed by atoms with Crippen LogP contribution in [0.1, 0.15) is 55.7 Å². The van der Waals surface area contributed by atoms with Crippen LogP contribution >= 0.6 is 0 Å². The monoisotopic (exact) mass is 543 g/mol. The van der Waals surface area contributed by atoms with Gasteiger partial charge in [0.1, 0.15) is 6.04 Å². The lowest BCUT2D eigenvalue weighted by molar-refractivity contribution is -0.136. The summed E-state index contributed by atoms with van der Waals surface area (Å²) in [6.07, 6.45) is 10.0. The summed E-state index contributed by atoms with van der Waals surface area (Å²) < 4.78 is 0. The van der Waals surface area contributed by atoms with Gasteiger partial charge in [0.15, 0.2) is 0 Å². The van der Waals surface area contributed by atoms with E-state index in [1.165, 1.54) is 37.7 Å². The highest BCUT2D eigenvalue weighted by Gasteiger charge is 2.29. The minimum absolute atomic E-state index is 0.0633. The first-order valence-electron chi connectivity index (χ1n) is 15.1. The fraction of sp³-hybridized carbons (Fsp3) is 0.515. The molecule has 7 heteroatoms. The second-order valence-corrected chi connectivity index (χ2v) is 11.6. The molecule has 214 valence electrons. The number of rotatable bonds is 10. The van der Waals surface area contributed by atoms with Crippen LogP contribution in [0, 0.1) is 0 Å². The van der Waals surface area contributed by atoms with Gasteiger partial charge in [-0.15, -0.1) is 0 Å². The molecule has 0 spiro atoms. The lowest BCUT2D eigenvalue weighted by Gasteiger charge is -2.40. The number of H-pyrrole nitrogens is 1. The number of carbonyl (C=O) groups is 2. The number of amides is 2. The Labute approximate surface area is 238 Å². The Morgan fingerprint density at radius 1 is 0.950 bits per heavy atom. The van der Waals surface area contributed by atoms with E-state index in [9.17, 15) is 9.59 Å². The molecule has 40 heavy (non-hydrogen) atoms. The zero-order valence-electron chi connectivity index (χ0n) is 24.2. The number of aromatic amines is 1. The highest BCUT2D eigenvalue weighted by Crippen LogP contribution is 2.24. The number of hydrogen-bond donors (Lipinski definition) is 2. The maximum absolute atomic E-state index is 13.8. The minimum Gasteiger partial charge on any atom is -0.361 e. The number of aromatic nitrogens is 1. The standard InChI is InChI=1S/C33H45N5O2/c1-3-25-11-7-8-12-26(25)23-36(2)33(40)31(21-27-22-34-30-16-10-9-15-29(27)30)35-32(39)24-37-17-19-38(20-18-37)28-13-5-4-6-14-28/h7-12,15-16,22,28,31,34H,3-6,13-14,17-21,23-24H2,1-2H3,(H,35,39). The fourth-order valence-electron chi connectivity index (χ4n) is 6.55. The number of piperazine rings is 1. The third-order valence-electron chi connectivity index (χ3n) is 8.88. The topological polar surface area (TPSA) is 71.7 Å². The smallest absolute Gasteiger partial charge is 0.245 e. The van der Waals surface area contributed by atoms with E-state index in [4.69, 9.17) is 0 Å². The van der Waals surface area contributed by atoms with Crippen molar-refractivity contribution in [1.29, 1.82) is 0 Å². The van der Waals surface area contributed by atoms with Crippen LogP contribution in [0.15, 0.2) is 54.7 Å². The van der Waals surface area contributed by atoms with Crippen molar-refractivity contribution in [1.82, 2.24) is 25.0 Å². The van der Waals surface area contributed by atoms with Gasteiger partial charge >= 0.3 is 0 Å². The van der Waals surface area contributed by atoms with Crippen LogP contribution in [-0.2, 0) is 29.0 Å². The minimum atomic E-state index is -0.631. The predicted molar refractivity (Wildman–Crippen MR) is 161 cm³/mol.